The molecular weight excluding hydrogens is 681 g/mol. The van der Waals surface area contributed by atoms with Crippen LogP contribution in [0.15, 0.2) is 108 Å². The second kappa shape index (κ2) is 17.1. The standard InChI is InChI=1S/C38H41Cl2N3O5S/c1-2-48-36-21-13-12-20-34(36)43(49(46,47)31-18-10-5-11-19-31)27-37(44)42(26-29-22-23-32(39)33(40)24-29)35(25-28-14-6-3-7-15-28)38(45)41-30-16-8-4-9-17-30/h3,5-7,10-15,18-24,30,35H,2,4,8-9,16-17,25-27H2,1H3,(H,41,45)/t35-/m0/s1. The zero-order valence-corrected chi connectivity index (χ0v) is 29.8. The van der Waals surface area contributed by atoms with Gasteiger partial charge in [-0.3, -0.25) is 13.9 Å². The Kier molecular flexibility index (Phi) is 12.6. The lowest BCUT2D eigenvalue weighted by Crippen LogP contribution is -2.55. The van der Waals surface area contributed by atoms with Gasteiger partial charge in [0.15, 0.2) is 0 Å². The SMILES string of the molecule is CCOc1ccccc1N(CC(=O)N(Cc1ccc(Cl)c(Cl)c1)[C@@H](Cc1ccccc1)C(=O)NC1CCCCC1)S(=O)(=O)c1ccccc1. The van der Waals surface area contributed by atoms with Crippen molar-refractivity contribution in [3.8, 4) is 5.75 Å². The summed E-state index contributed by atoms with van der Waals surface area (Å²) in [5.41, 5.74) is 1.70. The number of ether oxygens (including phenoxy) is 1. The first kappa shape index (κ1) is 36.2. The van der Waals surface area contributed by atoms with E-state index in [2.05, 4.69) is 5.32 Å². The van der Waals surface area contributed by atoms with E-state index in [1.807, 2.05) is 30.3 Å². The molecule has 49 heavy (non-hydrogen) atoms. The first-order valence-corrected chi connectivity index (χ1v) is 18.7. The largest absolute Gasteiger partial charge is 0.492 e. The average Bonchev–Trinajstić information content (AvgIpc) is 3.12. The van der Waals surface area contributed by atoms with Crippen LogP contribution >= 0.6 is 23.2 Å². The Bertz CT molecular complexity index is 1820. The lowest BCUT2D eigenvalue weighted by atomic mass is 9.94. The Balaban J connectivity index is 1.60. The van der Waals surface area contributed by atoms with E-state index in [0.717, 1.165) is 42.0 Å². The van der Waals surface area contributed by atoms with Crippen molar-refractivity contribution >= 4 is 50.7 Å². The van der Waals surface area contributed by atoms with Crippen molar-refractivity contribution in [3.63, 3.8) is 0 Å². The van der Waals surface area contributed by atoms with Crippen LogP contribution in [0.4, 0.5) is 5.69 Å². The zero-order valence-electron chi connectivity index (χ0n) is 27.4. The van der Waals surface area contributed by atoms with E-state index < -0.39 is 28.5 Å². The Hall–Kier alpha value is -4.05. The zero-order chi connectivity index (χ0) is 34.8. The van der Waals surface area contributed by atoms with Crippen molar-refractivity contribution in [2.24, 2.45) is 0 Å². The van der Waals surface area contributed by atoms with E-state index in [1.54, 1.807) is 67.6 Å². The van der Waals surface area contributed by atoms with Crippen molar-refractivity contribution in [1.29, 1.82) is 0 Å². The minimum atomic E-state index is -4.27. The number of rotatable bonds is 14. The van der Waals surface area contributed by atoms with Gasteiger partial charge in [0.25, 0.3) is 10.0 Å². The molecule has 0 aliphatic heterocycles. The maximum atomic E-state index is 14.8. The molecule has 0 aromatic heterocycles. The number of para-hydroxylation sites is 2. The number of carbonyl (C=O) groups is 2. The van der Waals surface area contributed by atoms with E-state index in [1.165, 1.54) is 17.0 Å². The number of hydrogen-bond acceptors (Lipinski definition) is 5. The van der Waals surface area contributed by atoms with Crippen LogP contribution in [-0.2, 0) is 32.6 Å². The Labute approximate surface area is 299 Å². The number of sulfonamides is 1. The highest BCUT2D eigenvalue weighted by Crippen LogP contribution is 2.33. The van der Waals surface area contributed by atoms with Crippen LogP contribution in [0.2, 0.25) is 10.0 Å². The van der Waals surface area contributed by atoms with Gasteiger partial charge in [-0.1, -0.05) is 109 Å². The van der Waals surface area contributed by atoms with Crippen molar-refractivity contribution in [2.45, 2.75) is 69.0 Å². The molecule has 0 unspecified atom stereocenters. The third-order valence-electron chi connectivity index (χ3n) is 8.60. The van der Waals surface area contributed by atoms with Gasteiger partial charge in [-0.15, -0.1) is 0 Å². The van der Waals surface area contributed by atoms with E-state index in [-0.39, 0.29) is 42.1 Å². The summed E-state index contributed by atoms with van der Waals surface area (Å²) in [6.45, 7) is 1.48. The molecule has 0 bridgehead atoms. The molecule has 1 fully saturated rings. The third kappa shape index (κ3) is 9.35. The molecule has 1 aliphatic rings. The minimum absolute atomic E-state index is 0.00511. The van der Waals surface area contributed by atoms with Crippen LogP contribution in [0, 0.1) is 0 Å². The maximum absolute atomic E-state index is 14.8. The van der Waals surface area contributed by atoms with E-state index in [9.17, 15) is 18.0 Å². The fourth-order valence-corrected chi connectivity index (χ4v) is 7.87. The number of carbonyl (C=O) groups excluding carboxylic acids is 2. The van der Waals surface area contributed by atoms with Gasteiger partial charge in [-0.05, 0) is 67.3 Å². The van der Waals surface area contributed by atoms with Crippen molar-refractivity contribution in [1.82, 2.24) is 10.2 Å². The molecule has 0 spiro atoms. The van der Waals surface area contributed by atoms with Gasteiger partial charge in [0, 0.05) is 19.0 Å². The number of nitrogens with zero attached hydrogens (tertiary/aromatic N) is 2. The van der Waals surface area contributed by atoms with Crippen molar-refractivity contribution in [2.75, 3.05) is 17.5 Å². The number of hydrogen-bond donors (Lipinski definition) is 1. The summed E-state index contributed by atoms with van der Waals surface area (Å²) in [5.74, 6) is -0.558. The molecule has 2 amide bonds. The molecule has 1 saturated carbocycles. The Morgan fingerprint density at radius 2 is 1.49 bits per heavy atom. The van der Waals surface area contributed by atoms with Crippen LogP contribution in [0.1, 0.15) is 50.2 Å². The number of halogens is 2. The fraction of sp³-hybridized carbons (Fsp3) is 0.316. The monoisotopic (exact) mass is 721 g/mol. The van der Waals surface area contributed by atoms with Crippen molar-refractivity contribution < 1.29 is 22.7 Å². The maximum Gasteiger partial charge on any atom is 0.264 e. The molecule has 1 aliphatic carbocycles. The molecule has 258 valence electrons. The van der Waals surface area contributed by atoms with Gasteiger partial charge in [0.05, 0.1) is 27.2 Å². The van der Waals surface area contributed by atoms with Crippen LogP contribution in [0.25, 0.3) is 0 Å². The smallest absolute Gasteiger partial charge is 0.264 e. The highest BCUT2D eigenvalue weighted by molar-refractivity contribution is 7.92. The second-order valence-corrected chi connectivity index (χ2v) is 14.7. The fourth-order valence-electron chi connectivity index (χ4n) is 6.11. The van der Waals surface area contributed by atoms with E-state index in [0.29, 0.717) is 21.4 Å². The normalized spacial score (nSPS) is 14.1. The minimum Gasteiger partial charge on any atom is -0.492 e. The summed E-state index contributed by atoms with van der Waals surface area (Å²) in [4.78, 5) is 30.6. The lowest BCUT2D eigenvalue weighted by Gasteiger charge is -2.35. The summed E-state index contributed by atoms with van der Waals surface area (Å²) < 4.78 is 35.6. The van der Waals surface area contributed by atoms with Gasteiger partial charge in [0.2, 0.25) is 11.8 Å². The van der Waals surface area contributed by atoms with Crippen LogP contribution in [0.3, 0.4) is 0 Å². The van der Waals surface area contributed by atoms with Gasteiger partial charge in [-0.25, -0.2) is 8.42 Å². The molecule has 11 heteroatoms. The Morgan fingerprint density at radius 1 is 0.837 bits per heavy atom. The molecule has 0 heterocycles. The molecule has 0 radical (unpaired) electrons. The summed E-state index contributed by atoms with van der Waals surface area (Å²) in [6, 6.07) is 28.2. The molecular formula is C38H41Cl2N3O5S. The second-order valence-electron chi connectivity index (χ2n) is 12.0. The third-order valence-corrected chi connectivity index (χ3v) is 11.1. The van der Waals surface area contributed by atoms with Gasteiger partial charge < -0.3 is 15.0 Å². The van der Waals surface area contributed by atoms with Crippen molar-refractivity contribution in [3.05, 3.63) is 124 Å². The van der Waals surface area contributed by atoms with Crippen LogP contribution < -0.4 is 14.4 Å². The summed E-state index contributed by atoms with van der Waals surface area (Å²) in [5, 5.41) is 3.87. The molecule has 8 nitrogen and oxygen atoms in total. The number of nitrogens with one attached hydrogen (secondary N) is 1. The molecule has 5 rings (SSSR count). The quantitative estimate of drug-likeness (QED) is 0.144. The highest BCUT2D eigenvalue weighted by atomic mass is 35.5. The molecule has 1 atom stereocenters. The molecule has 0 saturated heterocycles. The van der Waals surface area contributed by atoms with Gasteiger partial charge >= 0.3 is 0 Å². The number of amides is 2. The summed E-state index contributed by atoms with van der Waals surface area (Å²) in [7, 11) is -4.27. The number of benzene rings is 4. The van der Waals surface area contributed by atoms with Crippen LogP contribution in [0.5, 0.6) is 5.75 Å². The highest BCUT2D eigenvalue weighted by Gasteiger charge is 2.36. The van der Waals surface area contributed by atoms with E-state index >= 15 is 0 Å². The summed E-state index contributed by atoms with van der Waals surface area (Å²) in [6.07, 6.45) is 5.10. The van der Waals surface area contributed by atoms with Crippen LogP contribution in [-0.4, -0.2) is 50.4 Å². The van der Waals surface area contributed by atoms with E-state index in [4.69, 9.17) is 27.9 Å². The average molecular weight is 723 g/mol. The number of anilines is 1. The first-order chi connectivity index (χ1) is 23.7. The lowest BCUT2D eigenvalue weighted by molar-refractivity contribution is -0.140. The van der Waals surface area contributed by atoms with Gasteiger partial charge in [0.1, 0.15) is 18.3 Å². The van der Waals surface area contributed by atoms with Gasteiger partial charge in [-0.2, -0.15) is 0 Å². The molecule has 4 aromatic rings. The predicted molar refractivity (Wildman–Crippen MR) is 195 cm³/mol. The predicted octanol–water partition coefficient (Wildman–Crippen LogP) is 7.68. The molecule has 4 aromatic carbocycles. The topological polar surface area (TPSA) is 96.0 Å². The summed E-state index contributed by atoms with van der Waals surface area (Å²) >= 11 is 12.6. The molecule has 1 N–H and O–H groups in total. The Morgan fingerprint density at radius 3 is 2.16 bits per heavy atom. The first-order valence-electron chi connectivity index (χ1n) is 16.5.